The molecule has 0 aromatic heterocycles. The first-order chi connectivity index (χ1) is 11.2. The van der Waals surface area contributed by atoms with Crippen LogP contribution in [-0.2, 0) is 4.79 Å². The third kappa shape index (κ3) is 6.45. The number of benzene rings is 1. The standard InChI is InChI=1S/C16H22ClN3O4/c1-10(2)9-18-15(23)12-5-4-11(8-13(12)17)19-16(24)20(3)7-6-14(21)22/h4-5,8,10H,6-7,9H2,1-3H3,(H,18,23)(H,19,24)(H,21,22). The maximum Gasteiger partial charge on any atom is 0.321 e. The van der Waals surface area contributed by atoms with Crippen LogP contribution >= 0.6 is 11.6 Å². The highest BCUT2D eigenvalue weighted by Crippen LogP contribution is 2.21. The molecule has 24 heavy (non-hydrogen) atoms. The Morgan fingerprint density at radius 2 is 1.96 bits per heavy atom. The SMILES string of the molecule is CC(C)CNC(=O)c1ccc(NC(=O)N(C)CCC(=O)O)cc1Cl. The second-order valence-corrected chi connectivity index (χ2v) is 6.20. The molecule has 0 radical (unpaired) electrons. The zero-order chi connectivity index (χ0) is 18.3. The third-order valence-electron chi connectivity index (χ3n) is 3.14. The van der Waals surface area contributed by atoms with Crippen LogP contribution in [0.1, 0.15) is 30.6 Å². The Morgan fingerprint density at radius 3 is 2.50 bits per heavy atom. The minimum atomic E-state index is -0.977. The molecule has 0 aliphatic heterocycles. The zero-order valence-corrected chi connectivity index (χ0v) is 14.7. The van der Waals surface area contributed by atoms with Crippen molar-refractivity contribution in [3.8, 4) is 0 Å². The molecule has 0 atom stereocenters. The first-order valence-corrected chi connectivity index (χ1v) is 7.90. The molecule has 0 aliphatic carbocycles. The molecule has 0 heterocycles. The number of halogens is 1. The molecule has 0 saturated carbocycles. The van der Waals surface area contributed by atoms with Crippen molar-refractivity contribution in [2.45, 2.75) is 20.3 Å². The summed E-state index contributed by atoms with van der Waals surface area (Å²) in [6.45, 7) is 4.61. The topological polar surface area (TPSA) is 98.7 Å². The summed E-state index contributed by atoms with van der Waals surface area (Å²) in [7, 11) is 1.49. The van der Waals surface area contributed by atoms with Gasteiger partial charge in [0.1, 0.15) is 0 Å². The largest absolute Gasteiger partial charge is 0.481 e. The first-order valence-electron chi connectivity index (χ1n) is 7.52. The fourth-order valence-electron chi connectivity index (χ4n) is 1.75. The summed E-state index contributed by atoms with van der Waals surface area (Å²) in [5, 5.41) is 14.2. The molecule has 1 aromatic rings. The third-order valence-corrected chi connectivity index (χ3v) is 3.46. The Labute approximate surface area is 146 Å². The lowest BCUT2D eigenvalue weighted by Gasteiger charge is -2.17. The summed E-state index contributed by atoms with van der Waals surface area (Å²) in [5.74, 6) is -0.924. The van der Waals surface area contributed by atoms with E-state index in [1.165, 1.54) is 24.1 Å². The second kappa shape index (κ2) is 9.12. The number of urea groups is 1. The molecule has 1 rings (SSSR count). The van der Waals surface area contributed by atoms with Gasteiger partial charge in [-0.1, -0.05) is 25.4 Å². The highest BCUT2D eigenvalue weighted by molar-refractivity contribution is 6.34. The molecule has 8 heteroatoms. The number of rotatable bonds is 7. The van der Waals surface area contributed by atoms with Gasteiger partial charge in [-0.05, 0) is 24.1 Å². The van der Waals surface area contributed by atoms with Crippen LogP contribution in [0.3, 0.4) is 0 Å². The maximum atomic E-state index is 12.0. The van der Waals surface area contributed by atoms with Gasteiger partial charge in [-0.25, -0.2) is 4.79 Å². The molecule has 1 aromatic carbocycles. The number of hydrogen-bond donors (Lipinski definition) is 3. The summed E-state index contributed by atoms with van der Waals surface area (Å²) in [6.07, 6.45) is -0.139. The number of carbonyl (C=O) groups is 3. The Balaban J connectivity index is 2.68. The number of carboxylic acids is 1. The molecule has 0 aliphatic rings. The molecular weight excluding hydrogens is 334 g/mol. The summed E-state index contributed by atoms with van der Waals surface area (Å²) in [6, 6.07) is 4.13. The van der Waals surface area contributed by atoms with Gasteiger partial charge in [-0.3, -0.25) is 9.59 Å². The zero-order valence-electron chi connectivity index (χ0n) is 13.9. The van der Waals surface area contributed by atoms with Gasteiger partial charge < -0.3 is 20.6 Å². The summed E-state index contributed by atoms with van der Waals surface area (Å²) in [4.78, 5) is 35.7. The van der Waals surface area contributed by atoms with Crippen molar-refractivity contribution in [3.63, 3.8) is 0 Å². The maximum absolute atomic E-state index is 12.0. The van der Waals surface area contributed by atoms with Gasteiger partial charge in [0.05, 0.1) is 17.0 Å². The van der Waals surface area contributed by atoms with Crippen LogP contribution < -0.4 is 10.6 Å². The van der Waals surface area contributed by atoms with Gasteiger partial charge in [0.2, 0.25) is 0 Å². The highest BCUT2D eigenvalue weighted by atomic mass is 35.5. The summed E-state index contributed by atoms with van der Waals surface area (Å²) < 4.78 is 0. The average molecular weight is 356 g/mol. The van der Waals surface area contributed by atoms with Crippen LogP contribution in [0.5, 0.6) is 0 Å². The number of carbonyl (C=O) groups excluding carboxylic acids is 2. The van der Waals surface area contributed by atoms with Crippen LogP contribution in [0.15, 0.2) is 18.2 Å². The van der Waals surface area contributed by atoms with Crippen molar-refractivity contribution in [1.29, 1.82) is 0 Å². The van der Waals surface area contributed by atoms with Crippen molar-refractivity contribution in [3.05, 3.63) is 28.8 Å². The van der Waals surface area contributed by atoms with E-state index in [1.54, 1.807) is 6.07 Å². The van der Waals surface area contributed by atoms with Gasteiger partial charge >= 0.3 is 12.0 Å². The number of amides is 3. The van der Waals surface area contributed by atoms with Crippen molar-refractivity contribution in [1.82, 2.24) is 10.2 Å². The number of nitrogens with one attached hydrogen (secondary N) is 2. The van der Waals surface area contributed by atoms with Crippen LogP contribution in [0.4, 0.5) is 10.5 Å². The van der Waals surface area contributed by atoms with E-state index < -0.39 is 12.0 Å². The fourth-order valence-corrected chi connectivity index (χ4v) is 2.02. The van der Waals surface area contributed by atoms with Crippen LogP contribution in [-0.4, -0.2) is 48.1 Å². The van der Waals surface area contributed by atoms with Crippen molar-refractivity contribution < 1.29 is 19.5 Å². The lowest BCUT2D eigenvalue weighted by Crippen LogP contribution is -2.33. The molecule has 3 N–H and O–H groups in total. The van der Waals surface area contributed by atoms with Crippen molar-refractivity contribution >= 4 is 35.2 Å². The Bertz CT molecular complexity index is 619. The minimum absolute atomic E-state index is 0.0879. The molecule has 132 valence electrons. The molecule has 0 bridgehead atoms. The fraction of sp³-hybridized carbons (Fsp3) is 0.438. The highest BCUT2D eigenvalue weighted by Gasteiger charge is 2.14. The predicted molar refractivity (Wildman–Crippen MR) is 92.5 cm³/mol. The smallest absolute Gasteiger partial charge is 0.321 e. The lowest BCUT2D eigenvalue weighted by atomic mass is 10.1. The second-order valence-electron chi connectivity index (χ2n) is 5.79. The number of nitrogens with zero attached hydrogens (tertiary/aromatic N) is 1. The van der Waals surface area contributed by atoms with E-state index in [1.807, 2.05) is 13.8 Å². The van der Waals surface area contributed by atoms with E-state index in [9.17, 15) is 14.4 Å². The summed E-state index contributed by atoms with van der Waals surface area (Å²) in [5.41, 5.74) is 0.752. The number of hydrogen-bond acceptors (Lipinski definition) is 3. The van der Waals surface area contributed by atoms with E-state index in [-0.39, 0.29) is 23.9 Å². The molecule has 0 spiro atoms. The lowest BCUT2D eigenvalue weighted by molar-refractivity contribution is -0.137. The normalized spacial score (nSPS) is 10.4. The Hall–Kier alpha value is -2.28. The first kappa shape index (κ1) is 19.8. The summed E-state index contributed by atoms with van der Waals surface area (Å²) >= 11 is 6.10. The monoisotopic (exact) mass is 355 g/mol. The van der Waals surface area contributed by atoms with Gasteiger partial charge in [0.15, 0.2) is 0 Å². The van der Waals surface area contributed by atoms with E-state index in [0.29, 0.717) is 23.7 Å². The van der Waals surface area contributed by atoms with Gasteiger partial charge in [0, 0.05) is 25.8 Å². The van der Waals surface area contributed by atoms with Gasteiger partial charge in [-0.15, -0.1) is 0 Å². The predicted octanol–water partition coefficient (Wildman–Crippen LogP) is 2.66. The van der Waals surface area contributed by atoms with E-state index >= 15 is 0 Å². The molecule has 0 fully saturated rings. The van der Waals surface area contributed by atoms with Crippen molar-refractivity contribution in [2.75, 3.05) is 25.5 Å². The molecule has 7 nitrogen and oxygen atoms in total. The Morgan fingerprint density at radius 1 is 1.29 bits per heavy atom. The van der Waals surface area contributed by atoms with Gasteiger partial charge in [0.25, 0.3) is 5.91 Å². The molecular formula is C16H22ClN3O4. The average Bonchev–Trinajstić information content (AvgIpc) is 2.50. The number of anilines is 1. The minimum Gasteiger partial charge on any atom is -0.481 e. The van der Waals surface area contributed by atoms with E-state index in [0.717, 1.165) is 0 Å². The molecule has 0 saturated heterocycles. The van der Waals surface area contributed by atoms with E-state index in [2.05, 4.69) is 10.6 Å². The van der Waals surface area contributed by atoms with E-state index in [4.69, 9.17) is 16.7 Å². The molecule has 3 amide bonds. The van der Waals surface area contributed by atoms with Crippen molar-refractivity contribution in [2.24, 2.45) is 5.92 Å². The molecule has 0 unspecified atom stereocenters. The Kier molecular flexibility index (Phi) is 7.51. The quantitative estimate of drug-likeness (QED) is 0.700. The van der Waals surface area contributed by atoms with Crippen LogP contribution in [0.2, 0.25) is 5.02 Å². The number of carboxylic acid groups (broad SMARTS) is 1. The van der Waals surface area contributed by atoms with Crippen LogP contribution in [0, 0.1) is 5.92 Å². The van der Waals surface area contributed by atoms with Gasteiger partial charge in [-0.2, -0.15) is 0 Å². The van der Waals surface area contributed by atoms with Crippen LogP contribution in [0.25, 0.3) is 0 Å². The number of aliphatic carboxylic acids is 1.